The topological polar surface area (TPSA) is 64.7 Å². The van der Waals surface area contributed by atoms with Crippen LogP contribution in [0.2, 0.25) is 0 Å². The summed E-state index contributed by atoms with van der Waals surface area (Å²) in [7, 11) is 0. The molecule has 0 spiro atoms. The fourth-order valence-electron chi connectivity index (χ4n) is 4.69. The van der Waals surface area contributed by atoms with Crippen LogP contribution in [0.4, 0.5) is 11.4 Å². The van der Waals surface area contributed by atoms with Crippen molar-refractivity contribution >= 4 is 23.2 Å². The molecule has 1 saturated carbocycles. The summed E-state index contributed by atoms with van der Waals surface area (Å²) in [6, 6.07) is 6.10. The molecule has 3 saturated heterocycles. The van der Waals surface area contributed by atoms with Crippen LogP contribution in [0.1, 0.15) is 36.0 Å². The van der Waals surface area contributed by atoms with Crippen molar-refractivity contribution in [1.29, 1.82) is 0 Å². The first-order chi connectivity index (χ1) is 12.7. The van der Waals surface area contributed by atoms with E-state index in [4.69, 9.17) is 0 Å². The number of rotatable bonds is 3. The smallest absolute Gasteiger partial charge is 0.253 e. The molecule has 1 aliphatic carbocycles. The second-order valence-corrected chi connectivity index (χ2v) is 8.37. The third-order valence-electron chi connectivity index (χ3n) is 6.28. The van der Waals surface area contributed by atoms with Gasteiger partial charge in [-0.1, -0.05) is 0 Å². The summed E-state index contributed by atoms with van der Waals surface area (Å²) in [6.45, 7) is 4.35. The molecule has 2 amide bonds. The lowest BCUT2D eigenvalue weighted by atomic mass is 9.95. The van der Waals surface area contributed by atoms with Gasteiger partial charge < -0.3 is 15.5 Å². The Labute approximate surface area is 153 Å². The maximum Gasteiger partial charge on any atom is 0.253 e. The number of hydrogen-bond donors (Lipinski definition) is 2. The van der Waals surface area contributed by atoms with Crippen LogP contribution in [0.3, 0.4) is 0 Å². The van der Waals surface area contributed by atoms with Gasteiger partial charge in [0.05, 0.1) is 17.9 Å². The first-order valence-corrected chi connectivity index (χ1v) is 9.87. The number of piperidine rings is 1. The Hall–Kier alpha value is -2.08. The molecule has 138 valence electrons. The Morgan fingerprint density at radius 1 is 1.08 bits per heavy atom. The summed E-state index contributed by atoms with van der Waals surface area (Å²) in [5, 5.41) is 5.93. The van der Waals surface area contributed by atoms with Crippen molar-refractivity contribution < 1.29 is 9.59 Å². The van der Waals surface area contributed by atoms with Gasteiger partial charge >= 0.3 is 0 Å². The molecule has 4 heterocycles. The molecule has 1 aromatic rings. The van der Waals surface area contributed by atoms with Crippen LogP contribution >= 0.6 is 0 Å². The molecule has 4 fully saturated rings. The van der Waals surface area contributed by atoms with Gasteiger partial charge in [0.15, 0.2) is 0 Å². The van der Waals surface area contributed by atoms with Crippen LogP contribution in [-0.4, -0.2) is 60.4 Å². The van der Waals surface area contributed by atoms with Crippen molar-refractivity contribution in [2.45, 2.75) is 31.7 Å². The van der Waals surface area contributed by atoms with Crippen LogP contribution in [0.25, 0.3) is 0 Å². The number of carbonyl (C=O) groups excluding carboxylic acids is 2. The van der Waals surface area contributed by atoms with Crippen LogP contribution < -0.4 is 10.6 Å². The Kier molecular flexibility index (Phi) is 3.89. The lowest BCUT2D eigenvalue weighted by Crippen LogP contribution is -2.45. The van der Waals surface area contributed by atoms with Crippen molar-refractivity contribution in [2.24, 2.45) is 11.8 Å². The quantitative estimate of drug-likeness (QED) is 0.871. The molecule has 6 heteroatoms. The standard InChI is InChI=1S/C20H26N4O2/c25-19-8-21-17-6-4-15(7-18(17)22-19)20(26)24-11-14-3-5-16(12-24)23(10-14)9-13-1-2-13/h4,6-7,13-14,16,21H,1-3,5,8-12H2,(H,22,25)/t14-,16-/m1/s1. The average molecular weight is 354 g/mol. The highest BCUT2D eigenvalue weighted by molar-refractivity contribution is 6.03. The lowest BCUT2D eigenvalue weighted by molar-refractivity contribution is -0.114. The zero-order chi connectivity index (χ0) is 17.7. The molecule has 6 rings (SSSR count). The molecule has 2 N–H and O–H groups in total. The maximum atomic E-state index is 13.2. The summed E-state index contributed by atoms with van der Waals surface area (Å²) in [5.41, 5.74) is 2.26. The van der Waals surface area contributed by atoms with Crippen molar-refractivity contribution in [2.75, 3.05) is 43.4 Å². The van der Waals surface area contributed by atoms with E-state index in [0.717, 1.165) is 31.2 Å². The molecular formula is C20H26N4O2. The molecule has 1 aromatic carbocycles. The molecule has 4 aliphatic heterocycles. The van der Waals surface area contributed by atoms with Gasteiger partial charge in [0.2, 0.25) is 5.91 Å². The van der Waals surface area contributed by atoms with Gasteiger partial charge in [0, 0.05) is 37.8 Å². The van der Waals surface area contributed by atoms with Crippen LogP contribution in [-0.2, 0) is 4.79 Å². The Morgan fingerprint density at radius 3 is 2.81 bits per heavy atom. The van der Waals surface area contributed by atoms with E-state index in [-0.39, 0.29) is 18.4 Å². The number of amides is 2. The van der Waals surface area contributed by atoms with E-state index >= 15 is 0 Å². The molecule has 5 aliphatic rings. The third kappa shape index (κ3) is 3.07. The second kappa shape index (κ2) is 6.27. The number of hydrogen-bond acceptors (Lipinski definition) is 4. The van der Waals surface area contributed by atoms with E-state index in [9.17, 15) is 9.59 Å². The molecule has 6 nitrogen and oxygen atoms in total. The minimum Gasteiger partial charge on any atom is -0.374 e. The van der Waals surface area contributed by atoms with E-state index in [2.05, 4.69) is 20.4 Å². The minimum atomic E-state index is -0.0642. The van der Waals surface area contributed by atoms with Gasteiger partial charge in [-0.15, -0.1) is 0 Å². The number of fused-ring (bicyclic) bond motifs is 5. The Balaban J connectivity index is 1.34. The van der Waals surface area contributed by atoms with Crippen LogP contribution in [0.15, 0.2) is 18.2 Å². The molecule has 0 unspecified atom stereocenters. The molecule has 2 bridgehead atoms. The highest BCUT2D eigenvalue weighted by atomic mass is 16.2. The van der Waals surface area contributed by atoms with E-state index in [0.29, 0.717) is 23.2 Å². The number of benzene rings is 1. The summed E-state index contributed by atoms with van der Waals surface area (Å²) < 4.78 is 0. The zero-order valence-corrected chi connectivity index (χ0v) is 15.0. The first kappa shape index (κ1) is 16.1. The lowest BCUT2D eigenvalue weighted by Gasteiger charge is -2.36. The van der Waals surface area contributed by atoms with Crippen LogP contribution in [0.5, 0.6) is 0 Å². The van der Waals surface area contributed by atoms with Gasteiger partial charge in [0.1, 0.15) is 0 Å². The summed E-state index contributed by atoms with van der Waals surface area (Å²) in [6.07, 6.45) is 5.21. The fraction of sp³-hybridized carbons (Fsp3) is 0.600. The van der Waals surface area contributed by atoms with Crippen molar-refractivity contribution in [3.8, 4) is 0 Å². The predicted octanol–water partition coefficient (Wildman–Crippen LogP) is 2.00. The van der Waals surface area contributed by atoms with E-state index in [1.165, 1.54) is 32.2 Å². The highest BCUT2D eigenvalue weighted by Gasteiger charge is 2.38. The molecule has 26 heavy (non-hydrogen) atoms. The summed E-state index contributed by atoms with van der Waals surface area (Å²) >= 11 is 0. The van der Waals surface area contributed by atoms with E-state index in [1.807, 2.05) is 18.2 Å². The molecule has 0 radical (unpaired) electrons. The van der Waals surface area contributed by atoms with Gasteiger partial charge in [0.25, 0.3) is 5.91 Å². The van der Waals surface area contributed by atoms with E-state index in [1.54, 1.807) is 0 Å². The highest BCUT2D eigenvalue weighted by Crippen LogP contribution is 2.35. The zero-order valence-electron chi connectivity index (χ0n) is 15.0. The summed E-state index contributed by atoms with van der Waals surface area (Å²) in [4.78, 5) is 29.5. The third-order valence-corrected chi connectivity index (χ3v) is 6.28. The van der Waals surface area contributed by atoms with Gasteiger partial charge in [-0.2, -0.15) is 0 Å². The largest absolute Gasteiger partial charge is 0.374 e. The Morgan fingerprint density at radius 2 is 1.96 bits per heavy atom. The predicted molar refractivity (Wildman–Crippen MR) is 100 cm³/mol. The van der Waals surface area contributed by atoms with Crippen molar-refractivity contribution in [3.05, 3.63) is 23.8 Å². The molecule has 2 atom stereocenters. The molecule has 0 aromatic heterocycles. The van der Waals surface area contributed by atoms with Gasteiger partial charge in [-0.05, 0) is 55.7 Å². The monoisotopic (exact) mass is 354 g/mol. The van der Waals surface area contributed by atoms with Gasteiger partial charge in [-0.3, -0.25) is 14.5 Å². The minimum absolute atomic E-state index is 0.0642. The van der Waals surface area contributed by atoms with E-state index < -0.39 is 0 Å². The SMILES string of the molecule is O=C1CNc2ccc(C(=O)N3C[C@@H]4CC[C@H](C3)N(CC3CC3)C4)cc2N1. The number of nitrogens with one attached hydrogen (secondary N) is 2. The summed E-state index contributed by atoms with van der Waals surface area (Å²) in [5.74, 6) is 1.52. The van der Waals surface area contributed by atoms with Crippen molar-refractivity contribution in [1.82, 2.24) is 9.80 Å². The molecular weight excluding hydrogens is 328 g/mol. The fourth-order valence-corrected chi connectivity index (χ4v) is 4.69. The maximum absolute atomic E-state index is 13.2. The van der Waals surface area contributed by atoms with Crippen LogP contribution in [0, 0.1) is 11.8 Å². The Bertz CT molecular complexity index is 745. The second-order valence-electron chi connectivity index (χ2n) is 8.37. The number of nitrogens with zero attached hydrogens (tertiary/aromatic N) is 2. The van der Waals surface area contributed by atoms with Crippen molar-refractivity contribution in [3.63, 3.8) is 0 Å². The number of anilines is 2. The van der Waals surface area contributed by atoms with Gasteiger partial charge in [-0.25, -0.2) is 0 Å². The normalized spacial score (nSPS) is 28.2. The average Bonchev–Trinajstić information content (AvgIpc) is 3.48. The number of carbonyl (C=O) groups is 2. The first-order valence-electron chi connectivity index (χ1n) is 9.87.